The summed E-state index contributed by atoms with van der Waals surface area (Å²) in [5, 5.41) is 22.5. The van der Waals surface area contributed by atoms with E-state index in [1.165, 1.54) is 0 Å². The average molecular weight is 154 g/mol. The van der Waals surface area contributed by atoms with Crippen molar-refractivity contribution in [2.24, 2.45) is 0 Å². The molecule has 0 aliphatic carbocycles. The van der Waals surface area contributed by atoms with E-state index in [1.807, 2.05) is 0 Å². The maximum absolute atomic E-state index is 9.43. The van der Waals surface area contributed by atoms with Crippen LogP contribution in [0.1, 0.15) is 0 Å². The van der Waals surface area contributed by atoms with Crippen LogP contribution < -0.4 is 0 Å². The van der Waals surface area contributed by atoms with Gasteiger partial charge in [0.2, 0.25) is 5.12 Å². The van der Waals surface area contributed by atoms with Gasteiger partial charge in [-0.25, -0.2) is 0 Å². The zero-order valence-electron chi connectivity index (χ0n) is 4.82. The number of carbonyl (C=O) groups is 1. The van der Waals surface area contributed by atoms with Crippen LogP contribution >= 0.6 is 12.6 Å². The molecule has 0 bridgehead atoms. The summed E-state index contributed by atoms with van der Waals surface area (Å²) >= 11 is 3.21. The predicted molar refractivity (Wildman–Crippen MR) is 35.3 cm³/mol. The lowest BCUT2D eigenvalue weighted by Gasteiger charge is -1.71. The summed E-state index contributed by atoms with van der Waals surface area (Å²) in [6, 6.07) is 0. The number of aliphatic hydroxyl groups is 3. The molecule has 0 saturated carbocycles. The summed E-state index contributed by atoms with van der Waals surface area (Å²) in [4.78, 5) is 9.43. The Morgan fingerprint density at radius 2 is 1.44 bits per heavy atom. The first-order valence-electron chi connectivity index (χ1n) is 2.23. The minimum absolute atomic E-state index is 0.125. The SMILES string of the molecule is O=C(S)CO.OCCO. The molecule has 0 heterocycles. The van der Waals surface area contributed by atoms with Crippen LogP contribution in [0.25, 0.3) is 0 Å². The van der Waals surface area contributed by atoms with Crippen LogP contribution in [-0.2, 0) is 4.79 Å². The lowest BCUT2D eigenvalue weighted by atomic mass is 10.8. The van der Waals surface area contributed by atoms with Gasteiger partial charge in [0.05, 0.1) is 13.2 Å². The molecule has 0 amide bonds. The predicted octanol–water partition coefficient (Wildman–Crippen LogP) is -1.59. The number of thiol groups is 1. The lowest BCUT2D eigenvalue weighted by molar-refractivity contribution is -0.113. The Labute approximate surface area is 58.5 Å². The third-order valence-corrected chi connectivity index (χ3v) is 0.377. The Bertz CT molecular complexity index is 63.6. The Morgan fingerprint density at radius 1 is 1.22 bits per heavy atom. The number of aliphatic hydroxyl groups excluding tert-OH is 3. The average Bonchev–Trinajstić information content (AvgIpc) is 1.89. The van der Waals surface area contributed by atoms with E-state index in [-0.39, 0.29) is 13.2 Å². The summed E-state index contributed by atoms with van der Waals surface area (Å²) in [6.07, 6.45) is 0. The smallest absolute Gasteiger partial charge is 0.211 e. The van der Waals surface area contributed by atoms with Gasteiger partial charge in [-0.1, -0.05) is 0 Å². The molecular weight excluding hydrogens is 144 g/mol. The minimum Gasteiger partial charge on any atom is -0.394 e. The molecule has 9 heavy (non-hydrogen) atoms. The van der Waals surface area contributed by atoms with Crippen LogP contribution in [0.4, 0.5) is 0 Å². The highest BCUT2D eigenvalue weighted by Gasteiger charge is 1.80. The third kappa shape index (κ3) is 32.7. The molecular formula is C4H10O4S. The van der Waals surface area contributed by atoms with Gasteiger partial charge in [-0.3, -0.25) is 4.79 Å². The fourth-order valence-corrected chi connectivity index (χ4v) is 0. The molecule has 0 aliphatic heterocycles. The third-order valence-electron chi connectivity index (χ3n) is 0.235. The Morgan fingerprint density at radius 3 is 1.44 bits per heavy atom. The van der Waals surface area contributed by atoms with E-state index in [1.54, 1.807) is 0 Å². The fourth-order valence-electron chi connectivity index (χ4n) is 0. The summed E-state index contributed by atoms with van der Waals surface area (Å²) in [6.45, 7) is -0.719. The van der Waals surface area contributed by atoms with Gasteiger partial charge in [-0.2, -0.15) is 0 Å². The number of carbonyl (C=O) groups excluding carboxylic acids is 1. The Balaban J connectivity index is 0. The van der Waals surface area contributed by atoms with Crippen LogP contribution in [-0.4, -0.2) is 40.3 Å². The number of hydrogen-bond donors (Lipinski definition) is 4. The van der Waals surface area contributed by atoms with Crippen molar-refractivity contribution < 1.29 is 20.1 Å². The van der Waals surface area contributed by atoms with Crippen molar-refractivity contribution in [3.05, 3.63) is 0 Å². The molecule has 0 rings (SSSR count). The van der Waals surface area contributed by atoms with Crippen molar-refractivity contribution in [1.82, 2.24) is 0 Å². The number of hydrogen-bond acceptors (Lipinski definition) is 4. The van der Waals surface area contributed by atoms with Crippen molar-refractivity contribution in [2.45, 2.75) is 0 Å². The molecule has 0 aliphatic rings. The van der Waals surface area contributed by atoms with Crippen LogP contribution in [0.3, 0.4) is 0 Å². The summed E-state index contributed by atoms with van der Waals surface area (Å²) < 4.78 is 0. The second-order valence-corrected chi connectivity index (χ2v) is 1.50. The first kappa shape index (κ1) is 11.7. The van der Waals surface area contributed by atoms with Gasteiger partial charge in [-0.05, 0) is 0 Å². The molecule has 0 saturated heterocycles. The molecule has 56 valence electrons. The summed E-state index contributed by atoms with van der Waals surface area (Å²) in [5.74, 6) is 0. The van der Waals surface area contributed by atoms with Crippen molar-refractivity contribution in [3.8, 4) is 0 Å². The molecule has 0 aromatic heterocycles. The Kier molecular flexibility index (Phi) is 14.0. The second-order valence-electron chi connectivity index (χ2n) is 0.999. The molecule has 0 aromatic rings. The first-order valence-corrected chi connectivity index (χ1v) is 2.68. The highest BCUT2D eigenvalue weighted by atomic mass is 32.1. The van der Waals surface area contributed by atoms with E-state index in [9.17, 15) is 4.79 Å². The fraction of sp³-hybridized carbons (Fsp3) is 0.750. The maximum Gasteiger partial charge on any atom is 0.211 e. The summed E-state index contributed by atoms with van der Waals surface area (Å²) in [5.41, 5.74) is 0. The molecule has 0 fully saturated rings. The standard InChI is InChI=1S/C2H4O2S.C2H6O2/c3-1-2(4)5;3-1-2-4/h3H,1H2,(H,4,5);3-4H,1-2H2. The quantitative estimate of drug-likeness (QED) is 0.361. The van der Waals surface area contributed by atoms with E-state index in [0.717, 1.165) is 0 Å². The van der Waals surface area contributed by atoms with E-state index < -0.39 is 11.7 Å². The van der Waals surface area contributed by atoms with Crippen LogP contribution in [0.15, 0.2) is 0 Å². The van der Waals surface area contributed by atoms with Gasteiger partial charge in [0.15, 0.2) is 0 Å². The van der Waals surface area contributed by atoms with Gasteiger partial charge in [0.25, 0.3) is 0 Å². The maximum atomic E-state index is 9.43. The van der Waals surface area contributed by atoms with Gasteiger partial charge < -0.3 is 15.3 Å². The van der Waals surface area contributed by atoms with Gasteiger partial charge in [-0.15, -0.1) is 12.6 Å². The van der Waals surface area contributed by atoms with Gasteiger partial charge in [0, 0.05) is 0 Å². The normalized spacial score (nSPS) is 7.56. The van der Waals surface area contributed by atoms with Crippen LogP contribution in [0.5, 0.6) is 0 Å². The van der Waals surface area contributed by atoms with E-state index in [2.05, 4.69) is 12.6 Å². The largest absolute Gasteiger partial charge is 0.394 e. The molecule has 0 spiro atoms. The highest BCUT2D eigenvalue weighted by molar-refractivity contribution is 7.96. The molecule has 0 atom stereocenters. The zero-order valence-corrected chi connectivity index (χ0v) is 5.71. The van der Waals surface area contributed by atoms with E-state index in [4.69, 9.17) is 15.3 Å². The van der Waals surface area contributed by atoms with Crippen LogP contribution in [0, 0.1) is 0 Å². The van der Waals surface area contributed by atoms with Crippen molar-refractivity contribution >= 4 is 17.7 Å². The minimum atomic E-state index is -0.495. The second kappa shape index (κ2) is 10.8. The molecule has 0 radical (unpaired) electrons. The molecule has 5 heteroatoms. The Hall–Kier alpha value is -0.100. The first-order chi connectivity index (χ1) is 4.18. The molecule has 3 N–H and O–H groups in total. The zero-order chi connectivity index (χ0) is 7.70. The monoisotopic (exact) mass is 154 g/mol. The number of rotatable bonds is 2. The van der Waals surface area contributed by atoms with Gasteiger partial charge in [0.1, 0.15) is 6.61 Å². The molecule has 4 nitrogen and oxygen atoms in total. The van der Waals surface area contributed by atoms with Gasteiger partial charge >= 0.3 is 0 Å². The van der Waals surface area contributed by atoms with E-state index >= 15 is 0 Å². The molecule has 0 aromatic carbocycles. The molecule has 0 unspecified atom stereocenters. The van der Waals surface area contributed by atoms with E-state index in [0.29, 0.717) is 0 Å². The topological polar surface area (TPSA) is 77.8 Å². The van der Waals surface area contributed by atoms with Crippen molar-refractivity contribution in [1.29, 1.82) is 0 Å². The van der Waals surface area contributed by atoms with Crippen molar-refractivity contribution in [2.75, 3.05) is 19.8 Å². The summed E-state index contributed by atoms with van der Waals surface area (Å²) in [7, 11) is 0. The van der Waals surface area contributed by atoms with Crippen molar-refractivity contribution in [3.63, 3.8) is 0 Å². The van der Waals surface area contributed by atoms with Crippen LogP contribution in [0.2, 0.25) is 0 Å². The highest BCUT2D eigenvalue weighted by Crippen LogP contribution is 1.69. The lowest BCUT2D eigenvalue weighted by Crippen LogP contribution is -1.89.